The van der Waals surface area contributed by atoms with Crippen LogP contribution in [0.3, 0.4) is 0 Å². The summed E-state index contributed by atoms with van der Waals surface area (Å²) in [6.07, 6.45) is 0. The molecule has 1 aromatic rings. The molecule has 0 bridgehead atoms. The zero-order valence-corrected chi connectivity index (χ0v) is 8.22. The van der Waals surface area contributed by atoms with Gasteiger partial charge >= 0.3 is 0 Å². The van der Waals surface area contributed by atoms with Crippen molar-refractivity contribution in [2.75, 3.05) is 31.1 Å². The molecule has 1 saturated heterocycles. The molecule has 1 aromatic heterocycles. The molecule has 72 valence electrons. The number of aromatic amines is 1. The molecule has 4 heteroatoms. The van der Waals surface area contributed by atoms with Crippen molar-refractivity contribution < 1.29 is 0 Å². The van der Waals surface area contributed by atoms with Crippen LogP contribution in [0.5, 0.6) is 0 Å². The van der Waals surface area contributed by atoms with E-state index in [2.05, 4.69) is 34.3 Å². The fourth-order valence-electron chi connectivity index (χ4n) is 1.90. The molecule has 4 nitrogen and oxygen atoms in total. The van der Waals surface area contributed by atoms with Crippen LogP contribution in [0.1, 0.15) is 11.4 Å². The van der Waals surface area contributed by atoms with E-state index in [0.717, 1.165) is 31.9 Å². The van der Waals surface area contributed by atoms with Crippen molar-refractivity contribution in [3.05, 3.63) is 11.4 Å². The number of hydrogen-bond donors (Lipinski definition) is 2. The molecule has 1 fully saturated rings. The second kappa shape index (κ2) is 3.38. The summed E-state index contributed by atoms with van der Waals surface area (Å²) in [6.45, 7) is 8.45. The van der Waals surface area contributed by atoms with E-state index in [4.69, 9.17) is 0 Å². The number of aryl methyl sites for hydroxylation is 2. The van der Waals surface area contributed by atoms with Gasteiger partial charge in [0, 0.05) is 26.2 Å². The first kappa shape index (κ1) is 8.56. The van der Waals surface area contributed by atoms with Gasteiger partial charge in [0.15, 0.2) is 0 Å². The SMILES string of the molecule is Cc1n[nH]c(C)c1N1CCNCC1. The molecular formula is C9H16N4. The van der Waals surface area contributed by atoms with Gasteiger partial charge in [0.2, 0.25) is 0 Å². The summed E-state index contributed by atoms with van der Waals surface area (Å²) in [5.74, 6) is 0. The fraction of sp³-hybridized carbons (Fsp3) is 0.667. The van der Waals surface area contributed by atoms with Gasteiger partial charge in [0.05, 0.1) is 17.1 Å². The zero-order chi connectivity index (χ0) is 9.26. The summed E-state index contributed by atoms with van der Waals surface area (Å²) >= 11 is 0. The van der Waals surface area contributed by atoms with Crippen LogP contribution in [0.15, 0.2) is 0 Å². The lowest BCUT2D eigenvalue weighted by Gasteiger charge is -2.29. The van der Waals surface area contributed by atoms with Crippen LogP contribution in [0.2, 0.25) is 0 Å². The van der Waals surface area contributed by atoms with E-state index in [0.29, 0.717) is 0 Å². The Morgan fingerprint density at radius 1 is 1.23 bits per heavy atom. The largest absolute Gasteiger partial charge is 0.366 e. The van der Waals surface area contributed by atoms with Crippen molar-refractivity contribution >= 4 is 5.69 Å². The van der Waals surface area contributed by atoms with Crippen LogP contribution in [0.4, 0.5) is 5.69 Å². The molecular weight excluding hydrogens is 164 g/mol. The van der Waals surface area contributed by atoms with Crippen molar-refractivity contribution in [2.45, 2.75) is 13.8 Å². The number of hydrogen-bond acceptors (Lipinski definition) is 3. The topological polar surface area (TPSA) is 44.0 Å². The van der Waals surface area contributed by atoms with Crippen LogP contribution in [0.25, 0.3) is 0 Å². The van der Waals surface area contributed by atoms with E-state index in [1.165, 1.54) is 11.4 Å². The third-order valence-electron chi connectivity index (χ3n) is 2.52. The van der Waals surface area contributed by atoms with Gasteiger partial charge in [0.1, 0.15) is 0 Å². The molecule has 13 heavy (non-hydrogen) atoms. The highest BCUT2D eigenvalue weighted by molar-refractivity contribution is 5.54. The molecule has 1 aliphatic heterocycles. The van der Waals surface area contributed by atoms with E-state index in [1.54, 1.807) is 0 Å². The molecule has 2 heterocycles. The fourth-order valence-corrected chi connectivity index (χ4v) is 1.90. The third-order valence-corrected chi connectivity index (χ3v) is 2.52. The molecule has 0 spiro atoms. The Bertz CT molecular complexity index is 266. The van der Waals surface area contributed by atoms with Crippen molar-refractivity contribution in [1.29, 1.82) is 0 Å². The van der Waals surface area contributed by atoms with E-state index in [1.807, 2.05) is 0 Å². The summed E-state index contributed by atoms with van der Waals surface area (Å²) in [7, 11) is 0. The van der Waals surface area contributed by atoms with Gasteiger partial charge in [-0.2, -0.15) is 5.10 Å². The van der Waals surface area contributed by atoms with E-state index in [9.17, 15) is 0 Å². The number of anilines is 1. The first-order valence-electron chi connectivity index (χ1n) is 4.76. The first-order chi connectivity index (χ1) is 6.29. The number of rotatable bonds is 1. The van der Waals surface area contributed by atoms with Gasteiger partial charge in [-0.05, 0) is 13.8 Å². The maximum atomic E-state index is 4.20. The molecule has 2 rings (SSSR count). The predicted octanol–water partition coefficient (Wildman–Crippen LogP) is 0.436. The van der Waals surface area contributed by atoms with Crippen LogP contribution < -0.4 is 10.2 Å². The second-order valence-electron chi connectivity index (χ2n) is 3.52. The third kappa shape index (κ3) is 1.54. The monoisotopic (exact) mass is 180 g/mol. The van der Waals surface area contributed by atoms with Crippen molar-refractivity contribution in [2.24, 2.45) is 0 Å². The Morgan fingerprint density at radius 3 is 2.46 bits per heavy atom. The van der Waals surface area contributed by atoms with Crippen LogP contribution >= 0.6 is 0 Å². The number of nitrogens with one attached hydrogen (secondary N) is 2. The zero-order valence-electron chi connectivity index (χ0n) is 8.22. The van der Waals surface area contributed by atoms with E-state index >= 15 is 0 Å². The van der Waals surface area contributed by atoms with Crippen molar-refractivity contribution in [1.82, 2.24) is 15.5 Å². The molecule has 0 radical (unpaired) electrons. The summed E-state index contributed by atoms with van der Waals surface area (Å²) < 4.78 is 0. The molecule has 0 unspecified atom stereocenters. The predicted molar refractivity (Wildman–Crippen MR) is 53.1 cm³/mol. The number of nitrogens with zero attached hydrogens (tertiary/aromatic N) is 2. The lowest BCUT2D eigenvalue weighted by atomic mass is 10.2. The minimum absolute atomic E-state index is 1.07. The second-order valence-corrected chi connectivity index (χ2v) is 3.52. The maximum absolute atomic E-state index is 4.20. The maximum Gasteiger partial charge on any atom is 0.0827 e. The van der Waals surface area contributed by atoms with Gasteiger partial charge in [-0.1, -0.05) is 0 Å². The molecule has 0 aromatic carbocycles. The van der Waals surface area contributed by atoms with Gasteiger partial charge < -0.3 is 10.2 Å². The van der Waals surface area contributed by atoms with Crippen LogP contribution in [0, 0.1) is 13.8 Å². The average molecular weight is 180 g/mol. The number of aromatic nitrogens is 2. The molecule has 0 atom stereocenters. The average Bonchev–Trinajstić information content (AvgIpc) is 2.48. The Kier molecular flexibility index (Phi) is 2.22. The highest BCUT2D eigenvalue weighted by Gasteiger charge is 2.16. The highest BCUT2D eigenvalue weighted by Crippen LogP contribution is 2.21. The van der Waals surface area contributed by atoms with Gasteiger partial charge in [-0.15, -0.1) is 0 Å². The summed E-state index contributed by atoms with van der Waals surface area (Å²) in [4.78, 5) is 2.39. The Labute approximate surface area is 78.3 Å². The van der Waals surface area contributed by atoms with Crippen LogP contribution in [-0.4, -0.2) is 36.4 Å². The Morgan fingerprint density at radius 2 is 1.92 bits per heavy atom. The minimum atomic E-state index is 1.07. The first-order valence-corrected chi connectivity index (χ1v) is 4.76. The smallest absolute Gasteiger partial charge is 0.0827 e. The Hall–Kier alpha value is -1.03. The van der Waals surface area contributed by atoms with Crippen LogP contribution in [-0.2, 0) is 0 Å². The normalized spacial score (nSPS) is 17.8. The lowest BCUT2D eigenvalue weighted by Crippen LogP contribution is -2.43. The van der Waals surface area contributed by atoms with E-state index in [-0.39, 0.29) is 0 Å². The number of H-pyrrole nitrogens is 1. The summed E-state index contributed by atoms with van der Waals surface area (Å²) in [5, 5.41) is 10.6. The molecule has 0 saturated carbocycles. The molecule has 2 N–H and O–H groups in total. The Balaban J connectivity index is 2.22. The molecule has 0 aliphatic carbocycles. The number of piperazine rings is 1. The highest BCUT2D eigenvalue weighted by atomic mass is 15.2. The van der Waals surface area contributed by atoms with E-state index < -0.39 is 0 Å². The standard InChI is InChI=1S/C9H16N4/c1-7-9(8(2)12-11-7)13-5-3-10-4-6-13/h10H,3-6H2,1-2H3,(H,11,12). The van der Waals surface area contributed by atoms with Gasteiger partial charge in [0.25, 0.3) is 0 Å². The van der Waals surface area contributed by atoms with Gasteiger partial charge in [-0.25, -0.2) is 0 Å². The van der Waals surface area contributed by atoms with Crippen molar-refractivity contribution in [3.63, 3.8) is 0 Å². The van der Waals surface area contributed by atoms with Crippen molar-refractivity contribution in [3.8, 4) is 0 Å². The summed E-state index contributed by atoms with van der Waals surface area (Å²) in [6, 6.07) is 0. The minimum Gasteiger partial charge on any atom is -0.366 e. The molecule has 0 amide bonds. The quantitative estimate of drug-likeness (QED) is 0.659. The molecule has 1 aliphatic rings. The van der Waals surface area contributed by atoms with Gasteiger partial charge in [-0.3, -0.25) is 5.10 Å². The summed E-state index contributed by atoms with van der Waals surface area (Å²) in [5.41, 5.74) is 3.58. The lowest BCUT2D eigenvalue weighted by molar-refractivity contribution is 0.588.